The minimum Gasteiger partial charge on any atom is -0.333 e. The summed E-state index contributed by atoms with van der Waals surface area (Å²) in [7, 11) is 0. The van der Waals surface area contributed by atoms with Gasteiger partial charge in [0.05, 0.1) is 13.1 Å². The second-order valence-corrected chi connectivity index (χ2v) is 4.11. The van der Waals surface area contributed by atoms with Gasteiger partial charge in [0.25, 0.3) is 5.91 Å². The molecule has 0 bridgehead atoms. The van der Waals surface area contributed by atoms with Crippen molar-refractivity contribution in [3.63, 3.8) is 0 Å². The summed E-state index contributed by atoms with van der Waals surface area (Å²) in [5.41, 5.74) is 1.52. The van der Waals surface area contributed by atoms with E-state index >= 15 is 0 Å². The van der Waals surface area contributed by atoms with E-state index in [9.17, 15) is 13.6 Å². The fourth-order valence-electron chi connectivity index (χ4n) is 1.77. The van der Waals surface area contributed by atoms with E-state index in [0.29, 0.717) is 5.56 Å². The van der Waals surface area contributed by atoms with Crippen molar-refractivity contribution in [1.29, 1.82) is 0 Å². The molecule has 0 N–H and O–H groups in total. The molecule has 0 aromatic heterocycles. The SMILES string of the molecule is Cc1ccc(C(=O)N2CC(F)C(F)C2)cc1. The predicted octanol–water partition coefficient (Wildman–Crippen LogP) is 2.13. The molecule has 1 aliphatic rings. The first kappa shape index (κ1) is 11.0. The van der Waals surface area contributed by atoms with Gasteiger partial charge < -0.3 is 4.90 Å². The summed E-state index contributed by atoms with van der Waals surface area (Å²) in [5, 5.41) is 0. The molecule has 1 aromatic rings. The molecule has 0 saturated carbocycles. The highest BCUT2D eigenvalue weighted by atomic mass is 19.2. The standard InChI is InChI=1S/C12H13F2NO/c1-8-2-4-9(5-3-8)12(16)15-6-10(13)11(14)7-15/h2-5,10-11H,6-7H2,1H3. The van der Waals surface area contributed by atoms with Crippen LogP contribution in [0.2, 0.25) is 0 Å². The third kappa shape index (κ3) is 2.05. The molecular weight excluding hydrogens is 212 g/mol. The number of rotatable bonds is 1. The Labute approximate surface area is 92.9 Å². The van der Waals surface area contributed by atoms with Crippen molar-refractivity contribution in [2.75, 3.05) is 13.1 Å². The van der Waals surface area contributed by atoms with Gasteiger partial charge in [-0.25, -0.2) is 8.78 Å². The van der Waals surface area contributed by atoms with Crippen LogP contribution in [0, 0.1) is 6.92 Å². The molecule has 1 saturated heterocycles. The summed E-state index contributed by atoms with van der Waals surface area (Å²) in [6.07, 6.45) is -3.09. The monoisotopic (exact) mass is 225 g/mol. The first-order chi connectivity index (χ1) is 7.58. The lowest BCUT2D eigenvalue weighted by Crippen LogP contribution is -2.29. The topological polar surface area (TPSA) is 20.3 Å². The average Bonchev–Trinajstić information content (AvgIpc) is 2.59. The van der Waals surface area contributed by atoms with Gasteiger partial charge >= 0.3 is 0 Å². The minimum atomic E-state index is -1.55. The summed E-state index contributed by atoms with van der Waals surface area (Å²) in [5.74, 6) is -0.303. The average molecular weight is 225 g/mol. The molecule has 0 spiro atoms. The Balaban J connectivity index is 2.11. The number of carbonyl (C=O) groups is 1. The highest BCUT2D eigenvalue weighted by molar-refractivity contribution is 5.94. The third-order valence-electron chi connectivity index (χ3n) is 2.77. The Morgan fingerprint density at radius 1 is 1.19 bits per heavy atom. The maximum Gasteiger partial charge on any atom is 0.254 e. The zero-order valence-corrected chi connectivity index (χ0v) is 8.99. The lowest BCUT2D eigenvalue weighted by Gasteiger charge is -2.14. The summed E-state index contributed by atoms with van der Waals surface area (Å²) in [4.78, 5) is 13.1. The Kier molecular flexibility index (Phi) is 2.90. The smallest absolute Gasteiger partial charge is 0.254 e. The van der Waals surface area contributed by atoms with E-state index in [4.69, 9.17) is 0 Å². The molecule has 1 amide bonds. The van der Waals surface area contributed by atoms with E-state index in [-0.39, 0.29) is 19.0 Å². The van der Waals surface area contributed by atoms with Crippen molar-refractivity contribution in [2.24, 2.45) is 0 Å². The Morgan fingerprint density at radius 2 is 1.69 bits per heavy atom. The zero-order valence-electron chi connectivity index (χ0n) is 8.99. The van der Waals surface area contributed by atoms with Gasteiger partial charge in [0.15, 0.2) is 12.3 Å². The van der Waals surface area contributed by atoms with Crippen LogP contribution in [0.25, 0.3) is 0 Å². The second kappa shape index (κ2) is 4.20. The normalized spacial score (nSPS) is 24.8. The third-order valence-corrected chi connectivity index (χ3v) is 2.77. The van der Waals surface area contributed by atoms with Gasteiger partial charge in [-0.2, -0.15) is 0 Å². The summed E-state index contributed by atoms with van der Waals surface area (Å²) in [6, 6.07) is 6.97. The number of halogens is 2. The fourth-order valence-corrected chi connectivity index (χ4v) is 1.77. The summed E-state index contributed by atoms with van der Waals surface area (Å²) < 4.78 is 25.9. The molecule has 0 radical (unpaired) electrons. The van der Waals surface area contributed by atoms with E-state index in [2.05, 4.69) is 0 Å². The van der Waals surface area contributed by atoms with E-state index < -0.39 is 12.3 Å². The lowest BCUT2D eigenvalue weighted by molar-refractivity contribution is 0.0779. The minimum absolute atomic E-state index is 0.145. The molecular formula is C12H13F2NO. The number of likely N-dealkylation sites (tertiary alicyclic amines) is 1. The molecule has 2 atom stereocenters. The van der Waals surface area contributed by atoms with Crippen LogP contribution in [0.4, 0.5) is 8.78 Å². The highest BCUT2D eigenvalue weighted by Crippen LogP contribution is 2.19. The van der Waals surface area contributed by atoms with Crippen molar-refractivity contribution in [1.82, 2.24) is 4.90 Å². The summed E-state index contributed by atoms with van der Waals surface area (Å²) in [6.45, 7) is 1.63. The molecule has 1 fully saturated rings. The first-order valence-electron chi connectivity index (χ1n) is 5.22. The van der Waals surface area contributed by atoms with Gasteiger partial charge in [-0.05, 0) is 19.1 Å². The molecule has 2 rings (SSSR count). The van der Waals surface area contributed by atoms with E-state index in [1.807, 2.05) is 19.1 Å². The number of amides is 1. The number of benzene rings is 1. The van der Waals surface area contributed by atoms with Gasteiger partial charge in [0.1, 0.15) is 0 Å². The van der Waals surface area contributed by atoms with Crippen LogP contribution in [0.5, 0.6) is 0 Å². The molecule has 0 aliphatic carbocycles. The number of aryl methyl sites for hydroxylation is 1. The fraction of sp³-hybridized carbons (Fsp3) is 0.417. The second-order valence-electron chi connectivity index (χ2n) is 4.11. The van der Waals surface area contributed by atoms with E-state index in [1.54, 1.807) is 12.1 Å². The van der Waals surface area contributed by atoms with Crippen molar-refractivity contribution in [3.05, 3.63) is 35.4 Å². The van der Waals surface area contributed by atoms with Gasteiger partial charge in [-0.3, -0.25) is 4.79 Å². The van der Waals surface area contributed by atoms with Gasteiger partial charge in [-0.1, -0.05) is 17.7 Å². The van der Waals surface area contributed by atoms with Crippen molar-refractivity contribution >= 4 is 5.91 Å². The van der Waals surface area contributed by atoms with Crippen LogP contribution in [-0.4, -0.2) is 36.2 Å². The number of hydrogen-bond acceptors (Lipinski definition) is 1. The highest BCUT2D eigenvalue weighted by Gasteiger charge is 2.35. The van der Waals surface area contributed by atoms with Crippen LogP contribution in [0.15, 0.2) is 24.3 Å². The van der Waals surface area contributed by atoms with Crippen LogP contribution in [0.1, 0.15) is 15.9 Å². The van der Waals surface area contributed by atoms with Crippen LogP contribution in [-0.2, 0) is 0 Å². The van der Waals surface area contributed by atoms with Gasteiger partial charge in [0, 0.05) is 5.56 Å². The maximum absolute atomic E-state index is 12.9. The molecule has 2 unspecified atom stereocenters. The van der Waals surface area contributed by atoms with Crippen LogP contribution >= 0.6 is 0 Å². The van der Waals surface area contributed by atoms with Crippen molar-refractivity contribution in [2.45, 2.75) is 19.3 Å². The van der Waals surface area contributed by atoms with Crippen LogP contribution in [0.3, 0.4) is 0 Å². The Hall–Kier alpha value is -1.45. The Bertz CT molecular complexity index is 381. The van der Waals surface area contributed by atoms with E-state index in [1.165, 1.54) is 4.90 Å². The van der Waals surface area contributed by atoms with Gasteiger partial charge in [0.2, 0.25) is 0 Å². The van der Waals surface area contributed by atoms with Crippen LogP contribution < -0.4 is 0 Å². The lowest BCUT2D eigenvalue weighted by atomic mass is 10.1. The number of nitrogens with zero attached hydrogens (tertiary/aromatic N) is 1. The molecule has 2 nitrogen and oxygen atoms in total. The number of alkyl halides is 2. The molecule has 4 heteroatoms. The molecule has 16 heavy (non-hydrogen) atoms. The largest absolute Gasteiger partial charge is 0.333 e. The molecule has 1 aliphatic heterocycles. The van der Waals surface area contributed by atoms with E-state index in [0.717, 1.165) is 5.56 Å². The maximum atomic E-state index is 12.9. The molecule has 1 heterocycles. The predicted molar refractivity (Wildman–Crippen MR) is 56.9 cm³/mol. The Morgan fingerprint density at radius 3 is 2.19 bits per heavy atom. The molecule has 86 valence electrons. The summed E-state index contributed by atoms with van der Waals surface area (Å²) >= 11 is 0. The van der Waals surface area contributed by atoms with Crippen molar-refractivity contribution < 1.29 is 13.6 Å². The number of carbonyl (C=O) groups excluding carboxylic acids is 1. The van der Waals surface area contributed by atoms with Crippen molar-refractivity contribution in [3.8, 4) is 0 Å². The number of hydrogen-bond donors (Lipinski definition) is 0. The zero-order chi connectivity index (χ0) is 11.7. The quantitative estimate of drug-likeness (QED) is 0.717. The van der Waals surface area contributed by atoms with Gasteiger partial charge in [-0.15, -0.1) is 0 Å². The first-order valence-corrected chi connectivity index (χ1v) is 5.22. The molecule has 1 aromatic carbocycles.